The van der Waals surface area contributed by atoms with Crippen LogP contribution in [-0.4, -0.2) is 27.2 Å². The first-order valence-corrected chi connectivity index (χ1v) is 11.1. The molecule has 0 saturated carbocycles. The Morgan fingerprint density at radius 2 is 1.89 bits per heavy atom. The molecule has 0 spiro atoms. The molecule has 3 N–H and O–H groups in total. The Bertz CT molecular complexity index is 1370. The molecule has 2 aromatic carbocycles. The quantitative estimate of drug-likeness (QED) is 0.244. The molecule has 0 saturated heterocycles. The number of aryl methyl sites for hydroxylation is 1. The molecule has 0 aliphatic carbocycles. The molecule has 2 heterocycles. The Morgan fingerprint density at radius 1 is 1.08 bits per heavy atom. The highest BCUT2D eigenvalue weighted by molar-refractivity contribution is 5.88. The molecule has 4 aromatic rings. The molecular weight excluding hydrogens is 478 g/mol. The van der Waals surface area contributed by atoms with Gasteiger partial charge in [-0.1, -0.05) is 24.3 Å². The summed E-state index contributed by atoms with van der Waals surface area (Å²) in [6.07, 6.45) is -2.31. The van der Waals surface area contributed by atoms with Crippen molar-refractivity contribution in [3.05, 3.63) is 77.9 Å². The number of halogens is 4. The number of carbonyl (C=O) groups is 1. The number of nitrogens with two attached hydrogens (primary N) is 1. The van der Waals surface area contributed by atoms with Crippen molar-refractivity contribution in [3.8, 4) is 11.3 Å². The summed E-state index contributed by atoms with van der Waals surface area (Å²) < 4.78 is 59.0. The largest absolute Gasteiger partial charge is 0.450 e. The van der Waals surface area contributed by atoms with Crippen LogP contribution >= 0.6 is 0 Å². The van der Waals surface area contributed by atoms with E-state index in [0.29, 0.717) is 41.7 Å². The highest BCUT2D eigenvalue weighted by atomic mass is 19.4. The monoisotopic (exact) mass is 501 g/mol. The van der Waals surface area contributed by atoms with Gasteiger partial charge in [-0.25, -0.2) is 19.2 Å². The van der Waals surface area contributed by atoms with Crippen LogP contribution in [0.1, 0.15) is 24.0 Å². The fourth-order valence-electron chi connectivity index (χ4n) is 3.69. The zero-order valence-corrected chi connectivity index (χ0v) is 19.1. The molecule has 11 heteroatoms. The van der Waals surface area contributed by atoms with Crippen LogP contribution in [0.5, 0.6) is 0 Å². The number of imidazole rings is 1. The third kappa shape index (κ3) is 6.09. The maximum absolute atomic E-state index is 13.6. The molecule has 0 unspecified atom stereocenters. The SMILES string of the molecule is Nc1nc(-c2cccc(F)c2)cc2c1ncn2CCCCOC(=O)NCc1cccc(C(F)(F)F)c1. The van der Waals surface area contributed by atoms with Gasteiger partial charge in [0, 0.05) is 18.7 Å². The maximum atomic E-state index is 13.6. The van der Waals surface area contributed by atoms with Crippen molar-refractivity contribution in [1.82, 2.24) is 19.9 Å². The van der Waals surface area contributed by atoms with Crippen molar-refractivity contribution in [2.75, 3.05) is 12.3 Å². The molecule has 4 rings (SSSR count). The van der Waals surface area contributed by atoms with E-state index in [9.17, 15) is 22.4 Å². The van der Waals surface area contributed by atoms with Crippen LogP contribution in [0.2, 0.25) is 0 Å². The number of carbonyl (C=O) groups excluding carboxylic acids is 1. The van der Waals surface area contributed by atoms with Crippen LogP contribution in [0, 0.1) is 5.82 Å². The first-order valence-electron chi connectivity index (χ1n) is 11.1. The predicted molar refractivity (Wildman–Crippen MR) is 126 cm³/mol. The van der Waals surface area contributed by atoms with Gasteiger partial charge in [0.15, 0.2) is 5.82 Å². The first kappa shape index (κ1) is 25.0. The number of rotatable bonds is 8. The highest BCUT2D eigenvalue weighted by Crippen LogP contribution is 2.29. The fourth-order valence-corrected chi connectivity index (χ4v) is 3.69. The van der Waals surface area contributed by atoms with Gasteiger partial charge in [-0.2, -0.15) is 13.2 Å². The second-order valence-electron chi connectivity index (χ2n) is 8.10. The van der Waals surface area contributed by atoms with Crippen molar-refractivity contribution in [2.45, 2.75) is 32.1 Å². The van der Waals surface area contributed by atoms with E-state index in [1.54, 1.807) is 24.5 Å². The number of aromatic nitrogens is 3. The number of nitrogens with one attached hydrogen (secondary N) is 1. The molecule has 0 aliphatic rings. The molecule has 0 bridgehead atoms. The summed E-state index contributed by atoms with van der Waals surface area (Å²) in [4.78, 5) is 20.5. The van der Waals surface area contributed by atoms with E-state index in [0.717, 1.165) is 17.6 Å². The number of benzene rings is 2. The third-order valence-electron chi connectivity index (χ3n) is 5.47. The lowest BCUT2D eigenvalue weighted by Gasteiger charge is -2.10. The normalized spacial score (nSPS) is 11.6. The van der Waals surface area contributed by atoms with Gasteiger partial charge >= 0.3 is 12.3 Å². The van der Waals surface area contributed by atoms with Crippen molar-refractivity contribution < 1.29 is 27.1 Å². The summed E-state index contributed by atoms with van der Waals surface area (Å²) >= 11 is 0. The molecule has 0 aliphatic heterocycles. The van der Waals surface area contributed by atoms with Gasteiger partial charge in [-0.3, -0.25) is 0 Å². The number of hydrogen-bond donors (Lipinski definition) is 2. The molecule has 1 amide bonds. The number of fused-ring (bicyclic) bond motifs is 1. The van der Waals surface area contributed by atoms with E-state index in [1.807, 2.05) is 4.57 Å². The van der Waals surface area contributed by atoms with E-state index in [-0.39, 0.29) is 24.8 Å². The van der Waals surface area contributed by atoms with Crippen LogP contribution in [0.4, 0.5) is 28.2 Å². The van der Waals surface area contributed by atoms with Gasteiger partial charge in [0.1, 0.15) is 11.3 Å². The number of nitrogens with zero attached hydrogens (tertiary/aromatic N) is 3. The van der Waals surface area contributed by atoms with E-state index in [2.05, 4.69) is 15.3 Å². The van der Waals surface area contributed by atoms with E-state index in [1.165, 1.54) is 24.3 Å². The van der Waals surface area contributed by atoms with Crippen molar-refractivity contribution >= 4 is 22.9 Å². The van der Waals surface area contributed by atoms with Crippen LogP contribution < -0.4 is 11.1 Å². The summed E-state index contributed by atoms with van der Waals surface area (Å²) in [6.45, 7) is 0.629. The minimum atomic E-state index is -4.44. The minimum absolute atomic E-state index is 0.0765. The second-order valence-corrected chi connectivity index (χ2v) is 8.10. The van der Waals surface area contributed by atoms with Crippen LogP contribution in [0.25, 0.3) is 22.3 Å². The highest BCUT2D eigenvalue weighted by Gasteiger charge is 2.30. The number of pyridine rings is 1. The van der Waals surface area contributed by atoms with E-state index >= 15 is 0 Å². The van der Waals surface area contributed by atoms with Gasteiger partial charge in [0.05, 0.1) is 29.7 Å². The first-order chi connectivity index (χ1) is 17.2. The maximum Gasteiger partial charge on any atom is 0.416 e. The average molecular weight is 501 g/mol. The predicted octanol–water partition coefficient (Wildman–Crippen LogP) is 5.55. The summed E-state index contributed by atoms with van der Waals surface area (Å²) in [5, 5.41) is 2.45. The molecular formula is C25H23F4N5O2. The number of hydrogen-bond acceptors (Lipinski definition) is 5. The van der Waals surface area contributed by atoms with Gasteiger partial charge in [-0.05, 0) is 48.7 Å². The number of ether oxygens (including phenoxy) is 1. The van der Waals surface area contributed by atoms with Gasteiger partial charge in [-0.15, -0.1) is 0 Å². The second kappa shape index (κ2) is 10.6. The topological polar surface area (TPSA) is 95.1 Å². The molecule has 0 fully saturated rings. The Hall–Kier alpha value is -4.15. The lowest BCUT2D eigenvalue weighted by Crippen LogP contribution is -2.24. The molecule has 188 valence electrons. The third-order valence-corrected chi connectivity index (χ3v) is 5.47. The standard InChI is InChI=1S/C25H23F4N5O2/c26-19-8-4-6-17(12-19)20-13-21-22(23(30)33-20)32-15-34(21)9-1-2-10-36-24(35)31-14-16-5-3-7-18(11-16)25(27,28)29/h3-8,11-13,15H,1-2,9-10,14H2,(H2,30,33)(H,31,35). The van der Waals surface area contributed by atoms with Gasteiger partial charge in [0.2, 0.25) is 0 Å². The van der Waals surface area contributed by atoms with E-state index < -0.39 is 17.8 Å². The van der Waals surface area contributed by atoms with Crippen LogP contribution in [0.3, 0.4) is 0 Å². The smallest absolute Gasteiger partial charge is 0.416 e. The number of alkyl carbamates (subject to hydrolysis) is 1. The van der Waals surface area contributed by atoms with Crippen molar-refractivity contribution in [1.29, 1.82) is 0 Å². The summed E-state index contributed by atoms with van der Waals surface area (Å²) in [5.74, 6) is -0.133. The molecule has 36 heavy (non-hydrogen) atoms. The molecule has 2 aromatic heterocycles. The Labute approximate surface area is 203 Å². The summed E-state index contributed by atoms with van der Waals surface area (Å²) in [7, 11) is 0. The van der Waals surface area contributed by atoms with Gasteiger partial charge < -0.3 is 20.4 Å². The van der Waals surface area contributed by atoms with Crippen molar-refractivity contribution in [3.63, 3.8) is 0 Å². The van der Waals surface area contributed by atoms with Gasteiger partial charge in [0.25, 0.3) is 0 Å². The minimum Gasteiger partial charge on any atom is -0.450 e. The lowest BCUT2D eigenvalue weighted by molar-refractivity contribution is -0.137. The fraction of sp³-hybridized carbons (Fsp3) is 0.240. The number of unbranched alkanes of at least 4 members (excludes halogenated alkanes) is 1. The number of nitrogen functional groups attached to an aromatic ring is 1. The molecule has 0 radical (unpaired) electrons. The zero-order valence-electron chi connectivity index (χ0n) is 19.1. The van der Waals surface area contributed by atoms with Crippen LogP contribution in [-0.2, 0) is 24.0 Å². The zero-order chi connectivity index (χ0) is 25.7. The lowest BCUT2D eigenvalue weighted by atomic mass is 10.1. The summed E-state index contributed by atoms with van der Waals surface area (Å²) in [5.41, 5.74) is 8.02. The Morgan fingerprint density at radius 3 is 2.67 bits per heavy atom. The molecule has 7 nitrogen and oxygen atoms in total. The molecule has 0 atom stereocenters. The average Bonchev–Trinajstić information content (AvgIpc) is 3.26. The number of anilines is 1. The Kier molecular flexibility index (Phi) is 7.37. The number of alkyl halides is 3. The van der Waals surface area contributed by atoms with Crippen LogP contribution in [0.15, 0.2) is 60.9 Å². The van der Waals surface area contributed by atoms with E-state index in [4.69, 9.17) is 10.5 Å². The number of amides is 1. The summed E-state index contributed by atoms with van der Waals surface area (Å²) in [6, 6.07) is 12.6. The Balaban J connectivity index is 1.27. The van der Waals surface area contributed by atoms with Crippen molar-refractivity contribution in [2.24, 2.45) is 0 Å².